The number of carbonyl (C=O) groups is 2. The first kappa shape index (κ1) is 21.4. The van der Waals surface area contributed by atoms with Crippen molar-refractivity contribution >= 4 is 21.9 Å². The van der Waals surface area contributed by atoms with Gasteiger partial charge >= 0.3 is 5.97 Å². The highest BCUT2D eigenvalue weighted by molar-refractivity contribution is 7.89. The lowest BCUT2D eigenvalue weighted by Gasteiger charge is -2.40. The van der Waals surface area contributed by atoms with E-state index < -0.39 is 28.6 Å². The van der Waals surface area contributed by atoms with Gasteiger partial charge < -0.3 is 9.64 Å². The van der Waals surface area contributed by atoms with Crippen LogP contribution in [0.1, 0.15) is 45.6 Å². The van der Waals surface area contributed by atoms with Gasteiger partial charge in [-0.1, -0.05) is 17.7 Å². The Morgan fingerprint density at radius 3 is 2.30 bits per heavy atom. The number of hydrogen-bond acceptors (Lipinski definition) is 5. The van der Waals surface area contributed by atoms with E-state index in [0.29, 0.717) is 0 Å². The van der Waals surface area contributed by atoms with Crippen molar-refractivity contribution < 1.29 is 22.7 Å². The van der Waals surface area contributed by atoms with E-state index in [9.17, 15) is 18.0 Å². The molecule has 2 rings (SSSR count). The number of hydrogen-bond donors (Lipinski definition) is 1. The second-order valence-electron chi connectivity index (χ2n) is 7.14. The third kappa shape index (κ3) is 5.52. The summed E-state index contributed by atoms with van der Waals surface area (Å²) >= 11 is 0. The third-order valence-electron chi connectivity index (χ3n) is 4.84. The zero-order valence-corrected chi connectivity index (χ0v) is 17.1. The number of benzene rings is 1. The van der Waals surface area contributed by atoms with E-state index in [-0.39, 0.29) is 22.9 Å². The zero-order chi connectivity index (χ0) is 20.2. The largest absolute Gasteiger partial charge is 0.452 e. The molecule has 1 aliphatic heterocycles. The maximum Gasteiger partial charge on any atom is 0.321 e. The first-order valence-electron chi connectivity index (χ1n) is 9.20. The summed E-state index contributed by atoms with van der Waals surface area (Å²) in [7, 11) is -3.81. The van der Waals surface area contributed by atoms with Gasteiger partial charge in [0.25, 0.3) is 5.91 Å². The van der Waals surface area contributed by atoms with E-state index in [1.807, 2.05) is 20.8 Å². The van der Waals surface area contributed by atoms with Gasteiger partial charge in [0.05, 0.1) is 4.90 Å². The number of likely N-dealkylation sites (tertiary alicyclic amines) is 1. The maximum absolute atomic E-state index is 12.6. The summed E-state index contributed by atoms with van der Waals surface area (Å²) in [4.78, 5) is 26.5. The molecule has 0 saturated carbocycles. The van der Waals surface area contributed by atoms with Crippen LogP contribution in [0.25, 0.3) is 0 Å². The van der Waals surface area contributed by atoms with Gasteiger partial charge in [-0.05, 0) is 59.1 Å². The Balaban J connectivity index is 1.91. The number of nitrogens with zero attached hydrogens (tertiary/aromatic N) is 1. The smallest absolute Gasteiger partial charge is 0.321 e. The van der Waals surface area contributed by atoms with Gasteiger partial charge in [0.1, 0.15) is 6.54 Å². The summed E-state index contributed by atoms with van der Waals surface area (Å²) < 4.78 is 31.8. The van der Waals surface area contributed by atoms with E-state index in [2.05, 4.69) is 4.72 Å². The van der Waals surface area contributed by atoms with Crippen LogP contribution in [-0.2, 0) is 24.3 Å². The first-order chi connectivity index (χ1) is 12.6. The molecule has 8 heteroatoms. The van der Waals surface area contributed by atoms with E-state index in [1.54, 1.807) is 17.0 Å². The van der Waals surface area contributed by atoms with Gasteiger partial charge in [0.15, 0.2) is 6.10 Å². The summed E-state index contributed by atoms with van der Waals surface area (Å²) in [6, 6.07) is 6.48. The Hall–Kier alpha value is -1.93. The fourth-order valence-corrected chi connectivity index (χ4v) is 4.28. The molecular formula is C19H28N2O5S. The van der Waals surface area contributed by atoms with Gasteiger partial charge in [-0.25, -0.2) is 8.42 Å². The van der Waals surface area contributed by atoms with Gasteiger partial charge in [0, 0.05) is 12.1 Å². The number of carbonyl (C=O) groups excluding carboxylic acids is 2. The molecule has 1 aliphatic rings. The zero-order valence-electron chi connectivity index (χ0n) is 16.3. The molecule has 0 aromatic heterocycles. The number of amides is 1. The molecule has 0 unspecified atom stereocenters. The number of sulfonamides is 1. The van der Waals surface area contributed by atoms with Crippen molar-refractivity contribution in [1.29, 1.82) is 0 Å². The fraction of sp³-hybridized carbons (Fsp3) is 0.579. The average Bonchev–Trinajstić information content (AvgIpc) is 2.60. The first-order valence-corrected chi connectivity index (χ1v) is 10.7. The molecule has 0 radical (unpaired) electrons. The minimum atomic E-state index is -3.81. The highest BCUT2D eigenvalue weighted by Gasteiger charge is 2.33. The predicted molar refractivity (Wildman–Crippen MR) is 102 cm³/mol. The highest BCUT2D eigenvalue weighted by Crippen LogP contribution is 2.23. The van der Waals surface area contributed by atoms with Crippen molar-refractivity contribution in [2.75, 3.05) is 6.54 Å². The van der Waals surface area contributed by atoms with Crippen LogP contribution >= 0.6 is 0 Å². The van der Waals surface area contributed by atoms with Gasteiger partial charge in [-0.3, -0.25) is 9.59 Å². The van der Waals surface area contributed by atoms with Crippen LogP contribution in [0.15, 0.2) is 29.2 Å². The molecule has 0 spiro atoms. The van der Waals surface area contributed by atoms with Crippen LogP contribution in [0.3, 0.4) is 0 Å². The van der Waals surface area contributed by atoms with Crippen LogP contribution < -0.4 is 4.72 Å². The number of aryl methyl sites for hydroxylation is 1. The van der Waals surface area contributed by atoms with Crippen molar-refractivity contribution in [1.82, 2.24) is 9.62 Å². The van der Waals surface area contributed by atoms with Crippen LogP contribution in [0.5, 0.6) is 0 Å². The van der Waals surface area contributed by atoms with Crippen LogP contribution in [-0.4, -0.2) is 49.9 Å². The molecule has 1 fully saturated rings. The molecule has 1 heterocycles. The Labute approximate surface area is 161 Å². The fourth-order valence-electron chi connectivity index (χ4n) is 3.31. The van der Waals surface area contributed by atoms with Gasteiger partial charge in [-0.2, -0.15) is 4.72 Å². The summed E-state index contributed by atoms with van der Waals surface area (Å²) in [5.41, 5.74) is 0.932. The second-order valence-corrected chi connectivity index (χ2v) is 8.91. The number of piperidine rings is 1. The summed E-state index contributed by atoms with van der Waals surface area (Å²) in [5, 5.41) is 0. The van der Waals surface area contributed by atoms with Crippen LogP contribution in [0.2, 0.25) is 0 Å². The number of ether oxygens (including phenoxy) is 1. The maximum atomic E-state index is 12.6. The van der Waals surface area contributed by atoms with Crippen molar-refractivity contribution in [3.63, 3.8) is 0 Å². The van der Waals surface area contributed by atoms with Crippen molar-refractivity contribution in [2.45, 2.75) is 70.0 Å². The molecule has 1 aromatic rings. The molecule has 0 aliphatic carbocycles. The molecule has 1 amide bonds. The lowest BCUT2D eigenvalue weighted by Crippen LogP contribution is -2.51. The molecular weight excluding hydrogens is 368 g/mol. The molecule has 7 nitrogen and oxygen atoms in total. The quantitative estimate of drug-likeness (QED) is 0.743. The minimum absolute atomic E-state index is 0.0704. The van der Waals surface area contributed by atoms with Crippen molar-refractivity contribution in [2.24, 2.45) is 0 Å². The van der Waals surface area contributed by atoms with Crippen molar-refractivity contribution in [3.05, 3.63) is 29.8 Å². The van der Waals surface area contributed by atoms with E-state index in [1.165, 1.54) is 19.1 Å². The summed E-state index contributed by atoms with van der Waals surface area (Å²) in [6.07, 6.45) is 1.96. The molecule has 1 aromatic carbocycles. The minimum Gasteiger partial charge on any atom is -0.452 e. The van der Waals surface area contributed by atoms with E-state index in [0.717, 1.165) is 24.8 Å². The molecule has 3 atom stereocenters. The monoisotopic (exact) mass is 396 g/mol. The Morgan fingerprint density at radius 1 is 1.19 bits per heavy atom. The number of esters is 1. The van der Waals surface area contributed by atoms with Gasteiger partial charge in [0.2, 0.25) is 10.0 Å². The third-order valence-corrected chi connectivity index (χ3v) is 6.26. The second kappa shape index (κ2) is 8.84. The molecule has 1 N–H and O–H groups in total. The highest BCUT2D eigenvalue weighted by atomic mass is 32.2. The number of rotatable bonds is 6. The van der Waals surface area contributed by atoms with Gasteiger partial charge in [-0.15, -0.1) is 0 Å². The lowest BCUT2D eigenvalue weighted by atomic mass is 9.97. The Kier molecular flexibility index (Phi) is 7.00. The van der Waals surface area contributed by atoms with E-state index >= 15 is 0 Å². The lowest BCUT2D eigenvalue weighted by molar-refractivity contribution is -0.161. The average molecular weight is 397 g/mol. The summed E-state index contributed by atoms with van der Waals surface area (Å²) in [6.45, 7) is 6.81. The van der Waals surface area contributed by atoms with Crippen molar-refractivity contribution in [3.8, 4) is 0 Å². The molecule has 1 saturated heterocycles. The Bertz CT molecular complexity index is 766. The molecule has 150 valence electrons. The molecule has 27 heavy (non-hydrogen) atoms. The number of nitrogens with one attached hydrogen (secondary N) is 1. The Morgan fingerprint density at radius 2 is 1.74 bits per heavy atom. The SMILES string of the molecule is Cc1ccc(S(=O)(=O)NCC(=O)O[C@H](C)C(=O)N2[C@@H](C)CCC[C@@H]2C)cc1. The predicted octanol–water partition coefficient (Wildman–Crippen LogP) is 1.99. The van der Waals surface area contributed by atoms with Crippen LogP contribution in [0.4, 0.5) is 0 Å². The molecule has 0 bridgehead atoms. The van der Waals surface area contributed by atoms with E-state index in [4.69, 9.17) is 4.74 Å². The standard InChI is InChI=1S/C19H28N2O5S/c1-13-8-10-17(11-9-13)27(24,25)20-12-18(22)26-16(4)19(23)21-14(2)6-5-7-15(21)3/h8-11,14-16,20H,5-7,12H2,1-4H3/t14-,15-,16+/m0/s1. The topological polar surface area (TPSA) is 92.8 Å². The van der Waals surface area contributed by atoms with Crippen LogP contribution in [0, 0.1) is 6.92 Å². The summed E-state index contributed by atoms with van der Waals surface area (Å²) in [5.74, 6) is -1.03. The normalized spacial score (nSPS) is 21.6.